The van der Waals surface area contributed by atoms with E-state index < -0.39 is 0 Å². The molecule has 4 aliphatic carbocycles. The molecule has 4 nitrogen and oxygen atoms in total. The van der Waals surface area contributed by atoms with Crippen LogP contribution in [-0.2, 0) is 0 Å². The van der Waals surface area contributed by atoms with Gasteiger partial charge >= 0.3 is 0 Å². The van der Waals surface area contributed by atoms with E-state index in [1.165, 1.54) is 49.9 Å². The summed E-state index contributed by atoms with van der Waals surface area (Å²) in [6, 6.07) is 26.0. The van der Waals surface area contributed by atoms with E-state index in [0.29, 0.717) is 0 Å². The number of amidine groups is 1. The smallest absolute Gasteiger partial charge is 0.228 e. The molecule has 3 aromatic carbocycles. The van der Waals surface area contributed by atoms with Gasteiger partial charge in [-0.1, -0.05) is 127 Å². The molecule has 1 aliphatic heterocycles. The van der Waals surface area contributed by atoms with Gasteiger partial charge < -0.3 is 11.5 Å². The summed E-state index contributed by atoms with van der Waals surface area (Å²) in [6.45, 7) is 0. The molecule has 0 saturated carbocycles. The largest absolute Gasteiger partial charge is 0.316 e. The summed E-state index contributed by atoms with van der Waals surface area (Å²) in [6.07, 6.45) is 29.5. The molecule has 0 spiro atoms. The third-order valence-electron chi connectivity index (χ3n) is 10.6. The number of fused-ring (bicyclic) bond motifs is 2. The highest BCUT2D eigenvalue weighted by Crippen LogP contribution is 2.46. The number of allylic oxidation sites excluding steroid dienone is 12. The number of thioether (sulfide) groups is 1. The van der Waals surface area contributed by atoms with E-state index in [1.807, 2.05) is 0 Å². The number of hydrogen-bond donors (Lipinski definition) is 3. The van der Waals surface area contributed by atoms with Crippen molar-refractivity contribution in [1.82, 2.24) is 0 Å². The lowest BCUT2D eigenvalue weighted by atomic mass is 9.71. The molecule has 49 heavy (non-hydrogen) atoms. The molecule has 246 valence electrons. The summed E-state index contributed by atoms with van der Waals surface area (Å²) < 4.78 is 0. The number of quaternary nitrogens is 1. The molecule has 0 fully saturated rings. The fraction of sp³-hybridized carbons (Fsp3) is 0.250. The van der Waals surface area contributed by atoms with Crippen LogP contribution in [0, 0.1) is 11.8 Å². The van der Waals surface area contributed by atoms with E-state index >= 15 is 0 Å². The lowest BCUT2D eigenvalue weighted by Crippen LogP contribution is -2.89. The standard InChI is InChI=1S/C44H44N4S/c45-42(35-24-21-30-13-7-8-16-34(30)27-35)49-43(46)39-26-25-38(36-17-9-10-18-37(36)39)41-28-40(32-14-5-2-6-15-32)47-44(48-41)33-22-19-31(20-23-33)29-11-3-1-4-12-29/h2-3,5-17,19,21-22,24,26-28,37-38,40,42-43H,1,4,18,20,23,25,45-46H2,(H,47,48)/p+1. The highest BCUT2D eigenvalue weighted by Gasteiger charge is 2.37. The van der Waals surface area contributed by atoms with Gasteiger partial charge in [-0.05, 0) is 77.6 Å². The zero-order chi connectivity index (χ0) is 33.2. The first-order valence-electron chi connectivity index (χ1n) is 17.8. The highest BCUT2D eigenvalue weighted by atomic mass is 32.2. The van der Waals surface area contributed by atoms with Crippen molar-refractivity contribution in [3.63, 3.8) is 0 Å². The molecule has 0 aromatic heterocycles. The summed E-state index contributed by atoms with van der Waals surface area (Å²) in [4.78, 5) is 5.46. The van der Waals surface area contributed by atoms with E-state index in [-0.39, 0.29) is 28.6 Å². The van der Waals surface area contributed by atoms with E-state index in [9.17, 15) is 0 Å². The van der Waals surface area contributed by atoms with Gasteiger partial charge in [0.2, 0.25) is 5.84 Å². The van der Waals surface area contributed by atoms with Crippen LogP contribution in [0.25, 0.3) is 10.8 Å². The molecule has 0 amide bonds. The fourth-order valence-corrected chi connectivity index (χ4v) is 9.01. The molecule has 6 N–H and O–H groups in total. The predicted octanol–water partition coefficient (Wildman–Crippen LogP) is 8.79. The second-order valence-electron chi connectivity index (χ2n) is 13.7. The predicted molar refractivity (Wildman–Crippen MR) is 206 cm³/mol. The van der Waals surface area contributed by atoms with Crippen LogP contribution in [0.15, 0.2) is 172 Å². The zero-order valence-corrected chi connectivity index (χ0v) is 28.7. The van der Waals surface area contributed by atoms with Gasteiger partial charge in [-0.2, -0.15) is 0 Å². The van der Waals surface area contributed by atoms with Crippen LogP contribution in [0.3, 0.4) is 0 Å². The van der Waals surface area contributed by atoms with Crippen LogP contribution in [0.5, 0.6) is 0 Å². The van der Waals surface area contributed by atoms with Crippen molar-refractivity contribution in [2.45, 2.75) is 55.3 Å². The normalized spacial score (nSPS) is 24.8. The zero-order valence-electron chi connectivity index (χ0n) is 27.9. The van der Waals surface area contributed by atoms with E-state index in [2.05, 4.69) is 139 Å². The average molecular weight is 662 g/mol. The van der Waals surface area contributed by atoms with Crippen molar-refractivity contribution in [2.24, 2.45) is 28.3 Å². The molecular formula is C44H45N4S+. The minimum atomic E-state index is -0.205. The number of rotatable bonds is 8. The van der Waals surface area contributed by atoms with Gasteiger partial charge in [0, 0.05) is 29.0 Å². The third kappa shape index (κ3) is 6.82. The van der Waals surface area contributed by atoms with Crippen LogP contribution in [0.1, 0.15) is 61.1 Å². The fourth-order valence-electron chi connectivity index (χ4n) is 7.97. The van der Waals surface area contributed by atoms with Gasteiger partial charge in [0.1, 0.15) is 6.04 Å². The van der Waals surface area contributed by atoms with Crippen molar-refractivity contribution >= 4 is 28.4 Å². The first kappa shape index (κ1) is 32.0. The van der Waals surface area contributed by atoms with Crippen LogP contribution in [0.2, 0.25) is 0 Å². The Hall–Kier alpha value is -4.26. The number of aliphatic imine (C=N–C) groups is 1. The first-order chi connectivity index (χ1) is 24.1. The molecule has 5 unspecified atom stereocenters. The highest BCUT2D eigenvalue weighted by molar-refractivity contribution is 8.00. The Labute approximate surface area is 294 Å². The SMILES string of the molecule is NC(SC(N)c1ccc2ccccc2c1)C1=CCC(C2=CC(c3ccccc3)[NH2+]C(C3=CC=C(C4=CCCC=C4)CC3)=N2)C2=CC=CCC12. The molecule has 1 heterocycles. The Bertz CT molecular complexity index is 2020. The van der Waals surface area contributed by atoms with Gasteiger partial charge in [0.15, 0.2) is 0 Å². The Morgan fingerprint density at radius 3 is 2.39 bits per heavy atom. The molecule has 5 aliphatic rings. The van der Waals surface area contributed by atoms with Crippen LogP contribution in [0.4, 0.5) is 0 Å². The monoisotopic (exact) mass is 661 g/mol. The Morgan fingerprint density at radius 2 is 1.57 bits per heavy atom. The average Bonchev–Trinajstić information content (AvgIpc) is 3.17. The Morgan fingerprint density at radius 1 is 0.755 bits per heavy atom. The lowest BCUT2D eigenvalue weighted by molar-refractivity contribution is -0.576. The Balaban J connectivity index is 1.07. The van der Waals surface area contributed by atoms with Crippen molar-refractivity contribution in [2.75, 3.05) is 0 Å². The molecule has 0 radical (unpaired) electrons. The van der Waals surface area contributed by atoms with Crippen LogP contribution < -0.4 is 16.8 Å². The number of nitrogens with two attached hydrogens (primary N) is 3. The molecular weight excluding hydrogens is 617 g/mol. The summed E-state index contributed by atoms with van der Waals surface area (Å²) in [5, 5.41) is 4.42. The minimum absolute atomic E-state index is 0.181. The topological polar surface area (TPSA) is 81.0 Å². The quantitative estimate of drug-likeness (QED) is 0.167. The van der Waals surface area contributed by atoms with Crippen LogP contribution in [-0.4, -0.2) is 11.2 Å². The second-order valence-corrected chi connectivity index (χ2v) is 15.0. The lowest BCUT2D eigenvalue weighted by Gasteiger charge is -2.38. The van der Waals surface area contributed by atoms with Crippen molar-refractivity contribution in [1.29, 1.82) is 0 Å². The van der Waals surface area contributed by atoms with Gasteiger partial charge in [-0.3, -0.25) is 5.32 Å². The minimum Gasteiger partial charge on any atom is -0.316 e. The maximum absolute atomic E-state index is 7.01. The number of nitrogens with zero attached hydrogens (tertiary/aromatic N) is 1. The summed E-state index contributed by atoms with van der Waals surface area (Å²) in [5.74, 6) is 1.60. The number of hydrogen-bond acceptors (Lipinski definition) is 4. The third-order valence-corrected chi connectivity index (χ3v) is 11.8. The molecule has 3 aromatic rings. The summed E-state index contributed by atoms with van der Waals surface area (Å²) in [5.41, 5.74) is 24.3. The van der Waals surface area contributed by atoms with E-state index in [4.69, 9.17) is 16.5 Å². The Kier molecular flexibility index (Phi) is 9.33. The summed E-state index contributed by atoms with van der Waals surface area (Å²) in [7, 11) is 0. The van der Waals surface area contributed by atoms with Crippen molar-refractivity contribution in [3.8, 4) is 0 Å². The summed E-state index contributed by atoms with van der Waals surface area (Å²) >= 11 is 1.66. The maximum Gasteiger partial charge on any atom is 0.228 e. The maximum atomic E-state index is 7.01. The number of benzene rings is 3. The van der Waals surface area contributed by atoms with Crippen molar-refractivity contribution in [3.05, 3.63) is 178 Å². The molecule has 5 atom stereocenters. The van der Waals surface area contributed by atoms with Gasteiger partial charge in [0.05, 0.1) is 16.4 Å². The molecule has 0 bridgehead atoms. The van der Waals surface area contributed by atoms with Crippen molar-refractivity contribution < 1.29 is 5.32 Å². The van der Waals surface area contributed by atoms with Gasteiger partial charge in [-0.15, -0.1) is 11.8 Å². The van der Waals surface area contributed by atoms with Gasteiger partial charge in [0.25, 0.3) is 0 Å². The molecule has 8 rings (SSSR count). The van der Waals surface area contributed by atoms with Crippen LogP contribution >= 0.6 is 11.8 Å². The molecule has 0 saturated heterocycles. The van der Waals surface area contributed by atoms with E-state index in [1.54, 1.807) is 11.8 Å². The van der Waals surface area contributed by atoms with Gasteiger partial charge in [-0.25, -0.2) is 4.99 Å². The molecule has 5 heteroatoms. The first-order valence-corrected chi connectivity index (χ1v) is 18.7. The van der Waals surface area contributed by atoms with E-state index in [0.717, 1.165) is 49.9 Å². The second kappa shape index (κ2) is 14.3.